The van der Waals surface area contributed by atoms with Crippen LogP contribution in [0.25, 0.3) is 10.9 Å². The molecule has 1 aliphatic rings. The van der Waals surface area contributed by atoms with E-state index in [1.807, 2.05) is 38.2 Å². The number of sulfone groups is 1. The number of nitrogens with one attached hydrogen (secondary N) is 1. The highest BCUT2D eigenvalue weighted by molar-refractivity contribution is 7.92. The zero-order chi connectivity index (χ0) is 15.9. The van der Waals surface area contributed by atoms with Crippen molar-refractivity contribution >= 4 is 26.6 Å². The second kappa shape index (κ2) is 5.43. The summed E-state index contributed by atoms with van der Waals surface area (Å²) in [4.78, 5) is 17.1. The summed E-state index contributed by atoms with van der Waals surface area (Å²) in [6, 6.07) is 7.44. The van der Waals surface area contributed by atoms with Gasteiger partial charge in [-0.15, -0.1) is 0 Å². The highest BCUT2D eigenvalue weighted by Crippen LogP contribution is 2.22. The number of fused-ring (bicyclic) bond motifs is 1. The molecular formula is C16H20N2O3S. The monoisotopic (exact) mass is 320 g/mol. The smallest absolute Gasteiger partial charge is 0.254 e. The minimum Gasteiger partial charge on any atom is -0.361 e. The van der Waals surface area contributed by atoms with Gasteiger partial charge in [0.2, 0.25) is 0 Å². The molecule has 0 aliphatic carbocycles. The molecular weight excluding hydrogens is 300 g/mol. The van der Waals surface area contributed by atoms with Crippen molar-refractivity contribution in [3.8, 4) is 0 Å². The first-order valence-electron chi connectivity index (χ1n) is 7.45. The summed E-state index contributed by atoms with van der Waals surface area (Å²) < 4.78 is 24.3. The number of aromatic nitrogens is 1. The lowest BCUT2D eigenvalue weighted by Crippen LogP contribution is -2.57. The van der Waals surface area contributed by atoms with Crippen LogP contribution in [0, 0.1) is 5.92 Å². The van der Waals surface area contributed by atoms with Crippen LogP contribution in [0.4, 0.5) is 0 Å². The highest BCUT2D eigenvalue weighted by Gasteiger charge is 2.39. The summed E-state index contributed by atoms with van der Waals surface area (Å²) >= 11 is 0. The Balaban J connectivity index is 1.68. The Labute approximate surface area is 130 Å². The van der Waals surface area contributed by atoms with Crippen molar-refractivity contribution in [3.63, 3.8) is 0 Å². The fourth-order valence-corrected chi connectivity index (χ4v) is 4.81. The quantitative estimate of drug-likeness (QED) is 0.937. The Morgan fingerprint density at radius 2 is 2.05 bits per heavy atom. The number of amides is 1. The van der Waals surface area contributed by atoms with Gasteiger partial charge in [0.25, 0.3) is 5.91 Å². The molecule has 1 aliphatic heterocycles. The number of carbonyl (C=O) groups is 1. The number of aromatic amines is 1. The maximum Gasteiger partial charge on any atom is 0.254 e. The van der Waals surface area contributed by atoms with E-state index in [0.717, 1.165) is 10.9 Å². The topological polar surface area (TPSA) is 70.2 Å². The van der Waals surface area contributed by atoms with Gasteiger partial charge in [0.15, 0.2) is 9.84 Å². The van der Waals surface area contributed by atoms with Gasteiger partial charge in [0, 0.05) is 30.4 Å². The molecule has 118 valence electrons. The van der Waals surface area contributed by atoms with Crippen molar-refractivity contribution in [2.75, 3.05) is 18.8 Å². The van der Waals surface area contributed by atoms with Crippen LogP contribution < -0.4 is 0 Å². The van der Waals surface area contributed by atoms with Gasteiger partial charge < -0.3 is 9.88 Å². The van der Waals surface area contributed by atoms with Gasteiger partial charge in [-0.3, -0.25) is 4.79 Å². The number of benzene rings is 1. The highest BCUT2D eigenvalue weighted by atomic mass is 32.2. The number of carbonyl (C=O) groups excluding carboxylic acids is 1. The van der Waals surface area contributed by atoms with E-state index in [2.05, 4.69) is 4.98 Å². The lowest BCUT2D eigenvalue weighted by atomic mass is 10.1. The molecule has 1 aromatic heterocycles. The summed E-state index contributed by atoms with van der Waals surface area (Å²) in [6.45, 7) is 4.39. The summed E-state index contributed by atoms with van der Waals surface area (Å²) in [7, 11) is -3.10. The van der Waals surface area contributed by atoms with Gasteiger partial charge in [-0.05, 0) is 29.5 Å². The van der Waals surface area contributed by atoms with E-state index in [1.165, 1.54) is 0 Å². The van der Waals surface area contributed by atoms with E-state index in [9.17, 15) is 13.2 Å². The van der Waals surface area contributed by atoms with E-state index >= 15 is 0 Å². The minimum atomic E-state index is -3.10. The van der Waals surface area contributed by atoms with Gasteiger partial charge in [0.1, 0.15) is 0 Å². The lowest BCUT2D eigenvalue weighted by Gasteiger charge is -2.39. The maximum absolute atomic E-state index is 12.4. The Hall–Kier alpha value is -1.82. The van der Waals surface area contributed by atoms with Crippen LogP contribution in [-0.2, 0) is 9.84 Å². The number of nitrogens with zero attached hydrogens (tertiary/aromatic N) is 1. The van der Waals surface area contributed by atoms with E-state index in [1.54, 1.807) is 11.0 Å². The van der Waals surface area contributed by atoms with Gasteiger partial charge >= 0.3 is 0 Å². The second-order valence-corrected chi connectivity index (χ2v) is 8.66. The maximum atomic E-state index is 12.4. The molecule has 5 nitrogen and oxygen atoms in total. The third-order valence-corrected chi connectivity index (χ3v) is 6.46. The molecule has 0 bridgehead atoms. The molecule has 1 saturated heterocycles. The largest absolute Gasteiger partial charge is 0.361 e. The zero-order valence-electron chi connectivity index (χ0n) is 12.7. The fourth-order valence-electron chi connectivity index (χ4n) is 2.80. The van der Waals surface area contributed by atoms with Gasteiger partial charge in [-0.1, -0.05) is 19.9 Å². The molecule has 6 heteroatoms. The van der Waals surface area contributed by atoms with Crippen molar-refractivity contribution < 1.29 is 13.2 Å². The molecule has 0 unspecified atom stereocenters. The van der Waals surface area contributed by atoms with E-state index < -0.39 is 15.1 Å². The molecule has 2 aromatic rings. The van der Waals surface area contributed by atoms with Crippen molar-refractivity contribution in [2.45, 2.75) is 19.1 Å². The molecule has 0 saturated carbocycles. The first-order chi connectivity index (χ1) is 10.4. The molecule has 3 rings (SSSR count). The van der Waals surface area contributed by atoms with E-state index in [0.29, 0.717) is 18.7 Å². The number of hydrogen-bond acceptors (Lipinski definition) is 3. The van der Waals surface area contributed by atoms with Crippen LogP contribution in [0.5, 0.6) is 0 Å². The van der Waals surface area contributed by atoms with E-state index in [4.69, 9.17) is 0 Å². The summed E-state index contributed by atoms with van der Waals surface area (Å²) in [5.74, 6) is 0.200. The SMILES string of the molecule is CC(C)CS(=O)(=O)C1CN(C(=O)c2ccc3cc[nH]c3c2)C1. The Morgan fingerprint density at radius 3 is 2.73 bits per heavy atom. The molecule has 0 radical (unpaired) electrons. The summed E-state index contributed by atoms with van der Waals surface area (Å²) in [5.41, 5.74) is 1.50. The Kier molecular flexibility index (Phi) is 3.72. The standard InChI is InChI=1S/C16H20N2O3S/c1-11(2)10-22(20,21)14-8-18(9-14)16(19)13-4-3-12-5-6-17-15(12)7-13/h3-7,11,14,17H,8-10H2,1-2H3. The third kappa shape index (κ3) is 2.75. The van der Waals surface area contributed by atoms with Crippen LogP contribution in [0.3, 0.4) is 0 Å². The zero-order valence-corrected chi connectivity index (χ0v) is 13.6. The van der Waals surface area contributed by atoms with Gasteiger partial charge in [-0.25, -0.2) is 8.42 Å². The molecule has 1 fully saturated rings. The van der Waals surface area contributed by atoms with Gasteiger partial charge in [-0.2, -0.15) is 0 Å². The van der Waals surface area contributed by atoms with Crippen molar-refractivity contribution in [1.29, 1.82) is 0 Å². The third-order valence-electron chi connectivity index (χ3n) is 4.01. The Morgan fingerprint density at radius 1 is 1.32 bits per heavy atom. The first-order valence-corrected chi connectivity index (χ1v) is 9.16. The molecule has 1 aromatic carbocycles. The van der Waals surface area contributed by atoms with Crippen LogP contribution >= 0.6 is 0 Å². The summed E-state index contributed by atoms with van der Waals surface area (Å²) in [6.07, 6.45) is 1.83. The van der Waals surface area contributed by atoms with Crippen LogP contribution in [0.15, 0.2) is 30.5 Å². The first kappa shape index (κ1) is 15.1. The summed E-state index contributed by atoms with van der Waals surface area (Å²) in [5, 5.41) is 0.644. The van der Waals surface area contributed by atoms with Crippen molar-refractivity contribution in [3.05, 3.63) is 36.0 Å². The van der Waals surface area contributed by atoms with Gasteiger partial charge in [0.05, 0.1) is 11.0 Å². The predicted octanol–water partition coefficient (Wildman–Crippen LogP) is 2.06. The molecule has 0 atom stereocenters. The minimum absolute atomic E-state index is 0.104. The predicted molar refractivity (Wildman–Crippen MR) is 86.6 cm³/mol. The molecule has 1 N–H and O–H groups in total. The normalized spacial score (nSPS) is 16.2. The number of likely N-dealkylation sites (tertiary alicyclic amines) is 1. The second-order valence-electron chi connectivity index (χ2n) is 6.34. The lowest BCUT2D eigenvalue weighted by molar-refractivity contribution is 0.0659. The van der Waals surface area contributed by atoms with E-state index in [-0.39, 0.29) is 17.6 Å². The average molecular weight is 320 g/mol. The van der Waals surface area contributed by atoms with Crippen molar-refractivity contribution in [1.82, 2.24) is 9.88 Å². The molecule has 2 heterocycles. The molecule has 1 amide bonds. The van der Waals surface area contributed by atoms with Crippen LogP contribution in [0.1, 0.15) is 24.2 Å². The Bertz CT molecular complexity index is 802. The fraction of sp³-hybridized carbons (Fsp3) is 0.438. The van der Waals surface area contributed by atoms with Crippen molar-refractivity contribution in [2.24, 2.45) is 5.92 Å². The number of rotatable bonds is 4. The molecule has 0 spiro atoms. The number of H-pyrrole nitrogens is 1. The number of hydrogen-bond donors (Lipinski definition) is 1. The molecule has 22 heavy (non-hydrogen) atoms. The average Bonchev–Trinajstić information content (AvgIpc) is 2.81. The van der Waals surface area contributed by atoms with Crippen LogP contribution in [-0.4, -0.2) is 48.3 Å². The van der Waals surface area contributed by atoms with Crippen LogP contribution in [0.2, 0.25) is 0 Å².